The largest absolute Gasteiger partial charge is 0.322 e. The van der Waals surface area contributed by atoms with Crippen molar-refractivity contribution in [1.29, 1.82) is 0 Å². The Labute approximate surface area is 188 Å². The van der Waals surface area contributed by atoms with Crippen LogP contribution in [-0.4, -0.2) is 17.5 Å². The minimum Gasteiger partial charge on any atom is -0.320 e. The van der Waals surface area contributed by atoms with E-state index in [0.717, 1.165) is 17.2 Å². The fourth-order valence-electron chi connectivity index (χ4n) is 2.85. The van der Waals surface area contributed by atoms with Crippen LogP contribution in [-0.2, 0) is 13.0 Å². The molecule has 2 amide bonds. The standard InChI is InChI=1S/C22H17Cl3F2N2O/c23-16-6-5-14(19(25)11-16)9-10-29(13-15-3-1-2-4-18(15)24)22(30)28-21-8-7-17(26)12-20(21)27/h1-8,11-12H,9-10,13H2,(H,28,30). The SMILES string of the molecule is O=C(Nc1ccc(F)cc1F)N(CCc1ccc(Cl)cc1Cl)Cc1ccccc1Cl. The molecule has 0 unspecified atom stereocenters. The summed E-state index contributed by atoms with van der Waals surface area (Å²) in [6, 6.07) is 14.7. The van der Waals surface area contributed by atoms with Gasteiger partial charge in [0, 0.05) is 34.2 Å². The van der Waals surface area contributed by atoms with Crippen LogP contribution in [0.2, 0.25) is 15.1 Å². The van der Waals surface area contributed by atoms with Gasteiger partial charge in [0.25, 0.3) is 0 Å². The molecule has 3 rings (SSSR count). The molecule has 0 radical (unpaired) electrons. The van der Waals surface area contributed by atoms with Crippen LogP contribution in [0, 0.1) is 11.6 Å². The molecule has 0 aliphatic rings. The van der Waals surface area contributed by atoms with Gasteiger partial charge in [0.1, 0.15) is 11.6 Å². The molecule has 3 aromatic rings. The number of amides is 2. The summed E-state index contributed by atoms with van der Waals surface area (Å²) in [5.41, 5.74) is 1.43. The highest BCUT2D eigenvalue weighted by atomic mass is 35.5. The van der Waals surface area contributed by atoms with Gasteiger partial charge >= 0.3 is 6.03 Å². The molecule has 30 heavy (non-hydrogen) atoms. The molecule has 0 atom stereocenters. The molecule has 0 heterocycles. The van der Waals surface area contributed by atoms with Crippen LogP contribution in [0.4, 0.5) is 19.3 Å². The molecular formula is C22H17Cl3F2N2O. The molecule has 0 aliphatic heterocycles. The van der Waals surface area contributed by atoms with Crippen LogP contribution in [0.3, 0.4) is 0 Å². The van der Waals surface area contributed by atoms with Crippen molar-refractivity contribution < 1.29 is 13.6 Å². The summed E-state index contributed by atoms with van der Waals surface area (Å²) in [5, 5.41) is 4.00. The summed E-state index contributed by atoms with van der Waals surface area (Å²) in [4.78, 5) is 14.4. The zero-order chi connectivity index (χ0) is 21.7. The van der Waals surface area contributed by atoms with Crippen molar-refractivity contribution in [2.24, 2.45) is 0 Å². The van der Waals surface area contributed by atoms with Gasteiger partial charge < -0.3 is 10.2 Å². The fourth-order valence-corrected chi connectivity index (χ4v) is 3.55. The number of nitrogens with one attached hydrogen (secondary N) is 1. The van der Waals surface area contributed by atoms with E-state index in [1.807, 2.05) is 6.07 Å². The lowest BCUT2D eigenvalue weighted by Gasteiger charge is -2.24. The number of carbonyl (C=O) groups is 1. The smallest absolute Gasteiger partial charge is 0.320 e. The van der Waals surface area contributed by atoms with E-state index in [2.05, 4.69) is 5.32 Å². The van der Waals surface area contributed by atoms with Gasteiger partial charge in [-0.2, -0.15) is 0 Å². The lowest BCUT2D eigenvalue weighted by molar-refractivity contribution is 0.209. The zero-order valence-corrected chi connectivity index (χ0v) is 17.9. The van der Waals surface area contributed by atoms with E-state index in [4.69, 9.17) is 34.8 Å². The van der Waals surface area contributed by atoms with Crippen LogP contribution < -0.4 is 5.32 Å². The van der Waals surface area contributed by atoms with Crippen LogP contribution in [0.5, 0.6) is 0 Å². The van der Waals surface area contributed by atoms with Gasteiger partial charge in [-0.1, -0.05) is 59.1 Å². The van der Waals surface area contributed by atoms with E-state index in [-0.39, 0.29) is 18.8 Å². The van der Waals surface area contributed by atoms with Crippen LogP contribution in [0.15, 0.2) is 60.7 Å². The van der Waals surface area contributed by atoms with Crippen molar-refractivity contribution in [3.63, 3.8) is 0 Å². The molecule has 3 nitrogen and oxygen atoms in total. The first-order valence-corrected chi connectivity index (χ1v) is 10.1. The molecule has 0 aliphatic carbocycles. The van der Waals surface area contributed by atoms with Gasteiger partial charge in [0.15, 0.2) is 0 Å². The Hall–Kier alpha value is -2.34. The average molecular weight is 470 g/mol. The highest BCUT2D eigenvalue weighted by molar-refractivity contribution is 6.35. The number of anilines is 1. The lowest BCUT2D eigenvalue weighted by atomic mass is 10.1. The molecule has 0 spiro atoms. The van der Waals surface area contributed by atoms with Crippen molar-refractivity contribution in [1.82, 2.24) is 4.90 Å². The third kappa shape index (κ3) is 5.85. The number of hydrogen-bond donors (Lipinski definition) is 1. The van der Waals surface area contributed by atoms with Crippen molar-refractivity contribution in [2.45, 2.75) is 13.0 Å². The number of carbonyl (C=O) groups excluding carboxylic acids is 1. The summed E-state index contributed by atoms with van der Waals surface area (Å²) in [5.74, 6) is -1.59. The summed E-state index contributed by atoms with van der Waals surface area (Å²) in [6.07, 6.45) is 0.444. The van der Waals surface area contributed by atoms with Crippen molar-refractivity contribution >= 4 is 46.5 Å². The number of hydrogen-bond acceptors (Lipinski definition) is 1. The van der Waals surface area contributed by atoms with E-state index in [0.29, 0.717) is 27.6 Å². The molecule has 0 saturated heterocycles. The predicted octanol–water partition coefficient (Wildman–Crippen LogP) is 7.20. The van der Waals surface area contributed by atoms with E-state index in [1.54, 1.807) is 36.4 Å². The van der Waals surface area contributed by atoms with Gasteiger partial charge in [-0.05, 0) is 47.9 Å². The van der Waals surface area contributed by atoms with Gasteiger partial charge in [-0.25, -0.2) is 13.6 Å². The molecule has 0 aromatic heterocycles. The Bertz CT molecular complexity index is 1060. The number of benzene rings is 3. The van der Waals surface area contributed by atoms with Gasteiger partial charge in [0.05, 0.1) is 5.69 Å². The second kappa shape index (κ2) is 10.1. The van der Waals surface area contributed by atoms with Crippen molar-refractivity contribution in [3.8, 4) is 0 Å². The second-order valence-electron chi connectivity index (χ2n) is 6.55. The molecule has 8 heteroatoms. The van der Waals surface area contributed by atoms with Gasteiger partial charge in [-0.3, -0.25) is 0 Å². The molecule has 0 bridgehead atoms. The van der Waals surface area contributed by atoms with E-state index < -0.39 is 17.7 Å². The molecule has 0 fully saturated rings. The Balaban J connectivity index is 1.80. The van der Waals surface area contributed by atoms with E-state index in [1.165, 1.54) is 11.0 Å². The van der Waals surface area contributed by atoms with Crippen LogP contribution in [0.1, 0.15) is 11.1 Å². The van der Waals surface area contributed by atoms with Crippen molar-refractivity contribution in [2.75, 3.05) is 11.9 Å². The fraction of sp³-hybridized carbons (Fsp3) is 0.136. The average Bonchev–Trinajstić information content (AvgIpc) is 2.69. The highest BCUT2D eigenvalue weighted by Gasteiger charge is 2.18. The summed E-state index contributed by atoms with van der Waals surface area (Å²) in [6.45, 7) is 0.473. The second-order valence-corrected chi connectivity index (χ2v) is 7.80. The van der Waals surface area contributed by atoms with E-state index >= 15 is 0 Å². The third-order valence-electron chi connectivity index (χ3n) is 4.45. The molecular weight excluding hydrogens is 453 g/mol. The first kappa shape index (κ1) is 22.3. The number of rotatable bonds is 6. The monoisotopic (exact) mass is 468 g/mol. The maximum atomic E-state index is 14.0. The molecule has 3 aromatic carbocycles. The molecule has 0 saturated carbocycles. The predicted molar refractivity (Wildman–Crippen MR) is 117 cm³/mol. The Morgan fingerprint density at radius 3 is 2.37 bits per heavy atom. The summed E-state index contributed by atoms with van der Waals surface area (Å²) < 4.78 is 27.1. The zero-order valence-electron chi connectivity index (χ0n) is 15.6. The number of nitrogens with zero attached hydrogens (tertiary/aromatic N) is 1. The minimum atomic E-state index is -0.859. The summed E-state index contributed by atoms with van der Waals surface area (Å²) >= 11 is 18.4. The third-order valence-corrected chi connectivity index (χ3v) is 5.40. The first-order valence-electron chi connectivity index (χ1n) is 9.02. The Morgan fingerprint density at radius 2 is 1.67 bits per heavy atom. The number of halogens is 5. The molecule has 1 N–H and O–H groups in total. The molecule has 156 valence electrons. The minimum absolute atomic E-state index is 0.116. The Morgan fingerprint density at radius 1 is 0.900 bits per heavy atom. The highest BCUT2D eigenvalue weighted by Crippen LogP contribution is 2.23. The van der Waals surface area contributed by atoms with E-state index in [9.17, 15) is 13.6 Å². The maximum Gasteiger partial charge on any atom is 0.322 e. The number of urea groups is 1. The quantitative estimate of drug-likeness (QED) is 0.407. The van der Waals surface area contributed by atoms with Gasteiger partial charge in [-0.15, -0.1) is 0 Å². The summed E-state index contributed by atoms with van der Waals surface area (Å²) in [7, 11) is 0. The van der Waals surface area contributed by atoms with Crippen molar-refractivity contribution in [3.05, 3.63) is 98.5 Å². The Kier molecular flexibility index (Phi) is 7.53. The normalized spacial score (nSPS) is 10.7. The first-order chi connectivity index (χ1) is 14.3. The van der Waals surface area contributed by atoms with Gasteiger partial charge in [0.2, 0.25) is 0 Å². The topological polar surface area (TPSA) is 32.3 Å². The van der Waals surface area contributed by atoms with Crippen LogP contribution >= 0.6 is 34.8 Å². The maximum absolute atomic E-state index is 14.0. The lowest BCUT2D eigenvalue weighted by Crippen LogP contribution is -2.36. The van der Waals surface area contributed by atoms with Crippen LogP contribution in [0.25, 0.3) is 0 Å².